The summed E-state index contributed by atoms with van der Waals surface area (Å²) in [5.41, 5.74) is 1.26. The van der Waals surface area contributed by atoms with Crippen molar-refractivity contribution in [2.45, 2.75) is 53.5 Å². The lowest BCUT2D eigenvalue weighted by Gasteiger charge is -2.27. The maximum Gasteiger partial charge on any atom is 0.0897 e. The number of aromatic nitrogens is 1. The van der Waals surface area contributed by atoms with Crippen molar-refractivity contribution in [1.82, 2.24) is 10.3 Å². The van der Waals surface area contributed by atoms with Crippen LogP contribution in [-0.2, 0) is 6.42 Å². The number of nitrogens with zero attached hydrogens (tertiary/aromatic N) is 1. The maximum absolute atomic E-state index is 4.59. The van der Waals surface area contributed by atoms with E-state index in [0.717, 1.165) is 13.0 Å². The average molecular weight is 254 g/mol. The minimum atomic E-state index is 0.567. The zero-order valence-electron chi connectivity index (χ0n) is 11.8. The molecule has 0 spiro atoms. The van der Waals surface area contributed by atoms with Crippen LogP contribution in [0.15, 0.2) is 5.38 Å². The van der Waals surface area contributed by atoms with Crippen molar-refractivity contribution in [3.8, 4) is 0 Å². The Morgan fingerprint density at radius 3 is 2.53 bits per heavy atom. The second-order valence-electron chi connectivity index (χ2n) is 5.21. The van der Waals surface area contributed by atoms with Gasteiger partial charge in [0.1, 0.15) is 0 Å². The fourth-order valence-corrected chi connectivity index (χ4v) is 2.88. The largest absolute Gasteiger partial charge is 0.314 e. The summed E-state index contributed by atoms with van der Waals surface area (Å²) in [5, 5.41) is 7.00. The van der Waals surface area contributed by atoms with Crippen LogP contribution >= 0.6 is 11.3 Å². The Morgan fingerprint density at radius 2 is 2.06 bits per heavy atom. The monoisotopic (exact) mass is 254 g/mol. The third kappa shape index (κ3) is 4.76. The van der Waals surface area contributed by atoms with Gasteiger partial charge in [-0.3, -0.25) is 0 Å². The molecule has 2 nitrogen and oxygen atoms in total. The second kappa shape index (κ2) is 7.12. The predicted octanol–water partition coefficient (Wildman–Crippen LogP) is 3.65. The van der Waals surface area contributed by atoms with Crippen molar-refractivity contribution >= 4 is 11.3 Å². The first-order valence-electron chi connectivity index (χ1n) is 6.69. The van der Waals surface area contributed by atoms with E-state index >= 15 is 0 Å². The second-order valence-corrected chi connectivity index (χ2v) is 6.27. The van der Waals surface area contributed by atoms with Crippen LogP contribution in [0.1, 0.15) is 44.8 Å². The highest BCUT2D eigenvalue weighted by Gasteiger charge is 2.21. The van der Waals surface area contributed by atoms with E-state index in [9.17, 15) is 0 Å². The molecule has 3 heteroatoms. The molecule has 0 saturated heterocycles. The summed E-state index contributed by atoms with van der Waals surface area (Å²) >= 11 is 1.76. The molecule has 0 radical (unpaired) electrons. The van der Waals surface area contributed by atoms with E-state index in [2.05, 4.69) is 50.3 Å². The Balaban J connectivity index is 2.59. The zero-order valence-corrected chi connectivity index (χ0v) is 12.6. The highest BCUT2D eigenvalue weighted by atomic mass is 32.1. The maximum atomic E-state index is 4.59. The van der Waals surface area contributed by atoms with Crippen LogP contribution in [0.3, 0.4) is 0 Å². The van der Waals surface area contributed by atoms with Gasteiger partial charge in [0, 0.05) is 11.4 Å². The van der Waals surface area contributed by atoms with E-state index in [1.807, 2.05) is 0 Å². The summed E-state index contributed by atoms with van der Waals surface area (Å²) in [6.07, 6.45) is 2.30. The van der Waals surface area contributed by atoms with Crippen molar-refractivity contribution in [3.05, 3.63) is 16.1 Å². The molecule has 17 heavy (non-hydrogen) atoms. The molecule has 0 bridgehead atoms. The van der Waals surface area contributed by atoms with Gasteiger partial charge in [0.25, 0.3) is 0 Å². The minimum Gasteiger partial charge on any atom is -0.314 e. The summed E-state index contributed by atoms with van der Waals surface area (Å²) in [6.45, 7) is 12.3. The number of rotatable bonds is 7. The number of hydrogen-bond donors (Lipinski definition) is 1. The first-order chi connectivity index (χ1) is 8.04. The van der Waals surface area contributed by atoms with Gasteiger partial charge in [0.2, 0.25) is 0 Å². The Bertz CT molecular complexity index is 320. The lowest BCUT2D eigenvalue weighted by molar-refractivity contribution is 0.287. The predicted molar refractivity (Wildman–Crippen MR) is 76.6 cm³/mol. The van der Waals surface area contributed by atoms with E-state index in [1.54, 1.807) is 11.3 Å². The van der Waals surface area contributed by atoms with Gasteiger partial charge < -0.3 is 5.32 Å². The lowest BCUT2D eigenvalue weighted by atomic mass is 9.85. The summed E-state index contributed by atoms with van der Waals surface area (Å²) in [7, 11) is 0. The summed E-state index contributed by atoms with van der Waals surface area (Å²) in [5.74, 6) is 1.36. The number of nitrogens with one attached hydrogen (secondary N) is 1. The molecule has 0 fully saturated rings. The molecule has 0 amide bonds. The molecule has 0 aliphatic rings. The first kappa shape index (κ1) is 14.7. The zero-order chi connectivity index (χ0) is 12.8. The van der Waals surface area contributed by atoms with Crippen LogP contribution in [0.5, 0.6) is 0 Å². The molecule has 2 unspecified atom stereocenters. The topological polar surface area (TPSA) is 24.9 Å². The summed E-state index contributed by atoms with van der Waals surface area (Å²) in [4.78, 5) is 4.59. The van der Waals surface area contributed by atoms with Crippen molar-refractivity contribution in [1.29, 1.82) is 0 Å². The van der Waals surface area contributed by atoms with Gasteiger partial charge in [-0.1, -0.05) is 20.8 Å². The van der Waals surface area contributed by atoms with E-state index in [0.29, 0.717) is 17.9 Å². The molecular weight excluding hydrogens is 228 g/mol. The van der Waals surface area contributed by atoms with Crippen LogP contribution in [0.25, 0.3) is 0 Å². The molecule has 1 heterocycles. The van der Waals surface area contributed by atoms with Gasteiger partial charge in [-0.25, -0.2) is 4.98 Å². The molecule has 1 rings (SSSR count). The number of thiazole rings is 1. The Hall–Kier alpha value is -0.410. The van der Waals surface area contributed by atoms with Crippen molar-refractivity contribution in [2.75, 3.05) is 6.54 Å². The smallest absolute Gasteiger partial charge is 0.0897 e. The van der Waals surface area contributed by atoms with Gasteiger partial charge in [-0.2, -0.15) is 0 Å². The van der Waals surface area contributed by atoms with E-state index in [-0.39, 0.29) is 0 Å². The van der Waals surface area contributed by atoms with Gasteiger partial charge >= 0.3 is 0 Å². The Labute approximate surface area is 110 Å². The van der Waals surface area contributed by atoms with Crippen LogP contribution in [0, 0.1) is 18.8 Å². The van der Waals surface area contributed by atoms with E-state index < -0.39 is 0 Å². The number of aryl methyl sites for hydroxylation is 1. The third-order valence-corrected chi connectivity index (χ3v) is 4.15. The normalized spacial score (nSPS) is 15.2. The van der Waals surface area contributed by atoms with Gasteiger partial charge in [-0.15, -0.1) is 11.3 Å². The lowest BCUT2D eigenvalue weighted by Crippen LogP contribution is -2.37. The van der Waals surface area contributed by atoms with Crippen LogP contribution in [-0.4, -0.2) is 17.6 Å². The molecule has 0 aliphatic carbocycles. The molecule has 2 atom stereocenters. The van der Waals surface area contributed by atoms with Crippen molar-refractivity contribution < 1.29 is 0 Å². The SMILES string of the molecule is CCCNC(C)C(Cc1csc(C)n1)C(C)C. The first-order valence-corrected chi connectivity index (χ1v) is 7.57. The van der Waals surface area contributed by atoms with Crippen molar-refractivity contribution in [2.24, 2.45) is 11.8 Å². The van der Waals surface area contributed by atoms with Crippen LogP contribution < -0.4 is 5.32 Å². The minimum absolute atomic E-state index is 0.567. The quantitative estimate of drug-likeness (QED) is 0.803. The molecule has 1 aromatic rings. The fraction of sp³-hybridized carbons (Fsp3) is 0.786. The highest BCUT2D eigenvalue weighted by Crippen LogP contribution is 2.22. The third-order valence-electron chi connectivity index (χ3n) is 3.33. The van der Waals surface area contributed by atoms with Crippen molar-refractivity contribution in [3.63, 3.8) is 0 Å². The van der Waals surface area contributed by atoms with Gasteiger partial charge in [0.15, 0.2) is 0 Å². The Kier molecular flexibility index (Phi) is 6.14. The number of hydrogen-bond acceptors (Lipinski definition) is 3. The molecule has 98 valence electrons. The summed E-state index contributed by atoms with van der Waals surface area (Å²) in [6, 6.07) is 0.567. The van der Waals surface area contributed by atoms with Gasteiger partial charge in [0.05, 0.1) is 10.7 Å². The van der Waals surface area contributed by atoms with E-state index in [4.69, 9.17) is 0 Å². The standard InChI is InChI=1S/C14H26N2S/c1-6-7-15-11(4)14(10(2)3)8-13-9-17-12(5)16-13/h9-11,14-15H,6-8H2,1-5H3. The highest BCUT2D eigenvalue weighted by molar-refractivity contribution is 7.09. The molecule has 1 N–H and O–H groups in total. The molecule has 1 aromatic heterocycles. The fourth-order valence-electron chi connectivity index (χ4n) is 2.26. The molecule has 0 aliphatic heterocycles. The molecule has 0 saturated carbocycles. The van der Waals surface area contributed by atoms with E-state index in [1.165, 1.54) is 17.1 Å². The van der Waals surface area contributed by atoms with Crippen LogP contribution in [0.2, 0.25) is 0 Å². The molecular formula is C14H26N2S. The molecule has 0 aromatic carbocycles. The Morgan fingerprint density at radius 1 is 1.35 bits per heavy atom. The van der Waals surface area contributed by atoms with Crippen LogP contribution in [0.4, 0.5) is 0 Å². The summed E-state index contributed by atoms with van der Waals surface area (Å²) < 4.78 is 0. The average Bonchev–Trinajstić information content (AvgIpc) is 2.68. The van der Waals surface area contributed by atoms with Gasteiger partial charge in [-0.05, 0) is 45.1 Å².